The summed E-state index contributed by atoms with van der Waals surface area (Å²) in [4.78, 5) is 7.18. The minimum atomic E-state index is 0.346. The smallest absolute Gasteiger partial charge is 0.116 e. The number of hydrogen-bond acceptors (Lipinski definition) is 2. The first kappa shape index (κ1) is 17.3. The van der Waals surface area contributed by atoms with E-state index in [9.17, 15) is 0 Å². The second-order valence-corrected chi connectivity index (χ2v) is 4.93. The first-order valence-electron chi connectivity index (χ1n) is 6.67. The van der Waals surface area contributed by atoms with Crippen LogP contribution in [0.2, 0.25) is 0 Å². The molecule has 0 aliphatic carbocycles. The standard InChI is InChI=1S/C15H25N3O/c1-13(2)7-5-8-14(3)9-6-10-15(4)11-12-19-18-17-16/h7,9,11H,5-6,8,10,12H2,1-4H3. The molecule has 0 spiro atoms. The summed E-state index contributed by atoms with van der Waals surface area (Å²) in [6.07, 6.45) is 10.8. The third kappa shape index (κ3) is 12.6. The van der Waals surface area contributed by atoms with Crippen molar-refractivity contribution in [2.24, 2.45) is 5.28 Å². The van der Waals surface area contributed by atoms with E-state index >= 15 is 0 Å². The van der Waals surface area contributed by atoms with Gasteiger partial charge in [0.2, 0.25) is 0 Å². The van der Waals surface area contributed by atoms with Crippen LogP contribution in [0, 0.1) is 0 Å². The Morgan fingerprint density at radius 1 is 1.00 bits per heavy atom. The lowest BCUT2D eigenvalue weighted by Crippen LogP contribution is -1.85. The molecule has 0 amide bonds. The Balaban J connectivity index is 3.86. The summed E-state index contributed by atoms with van der Waals surface area (Å²) in [5.41, 5.74) is 12.1. The van der Waals surface area contributed by atoms with Crippen LogP contribution >= 0.6 is 0 Å². The molecular formula is C15H25N3O. The Morgan fingerprint density at radius 2 is 1.58 bits per heavy atom. The lowest BCUT2D eigenvalue weighted by molar-refractivity contribution is 0.167. The minimum Gasteiger partial charge on any atom is -0.429 e. The van der Waals surface area contributed by atoms with Gasteiger partial charge in [0.05, 0.1) is 0 Å². The summed E-state index contributed by atoms with van der Waals surface area (Å²) in [5, 5.41) is 3.02. The lowest BCUT2D eigenvalue weighted by atomic mass is 10.1. The molecule has 0 aromatic heterocycles. The summed E-state index contributed by atoms with van der Waals surface area (Å²) < 4.78 is 0. The molecule has 0 rings (SSSR count). The molecule has 0 aromatic rings. The van der Waals surface area contributed by atoms with Gasteiger partial charge in [-0.3, -0.25) is 0 Å². The predicted molar refractivity (Wildman–Crippen MR) is 80.5 cm³/mol. The van der Waals surface area contributed by atoms with Crippen molar-refractivity contribution in [1.29, 1.82) is 0 Å². The Bertz CT molecular complexity index is 384. The van der Waals surface area contributed by atoms with Gasteiger partial charge in [-0.1, -0.05) is 28.9 Å². The van der Waals surface area contributed by atoms with E-state index in [0.29, 0.717) is 6.61 Å². The third-order valence-corrected chi connectivity index (χ3v) is 2.72. The maximum Gasteiger partial charge on any atom is 0.116 e. The molecule has 4 nitrogen and oxygen atoms in total. The maximum absolute atomic E-state index is 8.04. The Morgan fingerprint density at radius 3 is 2.16 bits per heavy atom. The fourth-order valence-electron chi connectivity index (χ4n) is 1.58. The van der Waals surface area contributed by atoms with Crippen molar-refractivity contribution in [3.8, 4) is 0 Å². The van der Waals surface area contributed by atoms with Crippen molar-refractivity contribution in [1.82, 2.24) is 0 Å². The van der Waals surface area contributed by atoms with Crippen LogP contribution in [0.5, 0.6) is 0 Å². The molecule has 0 aliphatic rings. The third-order valence-electron chi connectivity index (χ3n) is 2.72. The molecule has 0 unspecified atom stereocenters. The Kier molecular flexibility index (Phi) is 10.4. The van der Waals surface area contributed by atoms with E-state index in [0.717, 1.165) is 25.7 Å². The van der Waals surface area contributed by atoms with Gasteiger partial charge in [-0.05, 0) is 65.0 Å². The van der Waals surface area contributed by atoms with Crippen LogP contribution in [-0.2, 0) is 4.84 Å². The zero-order valence-electron chi connectivity index (χ0n) is 12.5. The average Bonchev–Trinajstić information content (AvgIpc) is 2.34. The molecule has 0 heterocycles. The number of rotatable bonds is 9. The molecule has 0 atom stereocenters. The highest BCUT2D eigenvalue weighted by molar-refractivity contribution is 5.05. The van der Waals surface area contributed by atoms with E-state index in [2.05, 4.69) is 54.9 Å². The van der Waals surface area contributed by atoms with Crippen molar-refractivity contribution in [3.05, 3.63) is 45.4 Å². The zero-order chi connectivity index (χ0) is 14.5. The van der Waals surface area contributed by atoms with Crippen molar-refractivity contribution >= 4 is 0 Å². The predicted octanol–water partition coefficient (Wildman–Crippen LogP) is 5.65. The highest BCUT2D eigenvalue weighted by Gasteiger charge is 1.92. The van der Waals surface area contributed by atoms with Gasteiger partial charge in [-0.2, -0.15) is 0 Å². The van der Waals surface area contributed by atoms with Crippen LogP contribution in [-0.4, -0.2) is 6.61 Å². The van der Waals surface area contributed by atoms with Gasteiger partial charge in [0.1, 0.15) is 11.9 Å². The van der Waals surface area contributed by atoms with Crippen LogP contribution in [0.15, 0.2) is 40.2 Å². The Hall–Kier alpha value is -1.67. The molecule has 0 aliphatic heterocycles. The van der Waals surface area contributed by atoms with Gasteiger partial charge in [0.25, 0.3) is 0 Å². The normalized spacial score (nSPS) is 11.8. The summed E-state index contributed by atoms with van der Waals surface area (Å²) in [6, 6.07) is 0. The number of nitrogens with zero attached hydrogens (tertiary/aromatic N) is 3. The minimum absolute atomic E-state index is 0.346. The average molecular weight is 263 g/mol. The second-order valence-electron chi connectivity index (χ2n) is 4.93. The van der Waals surface area contributed by atoms with Crippen LogP contribution in [0.3, 0.4) is 0 Å². The first-order valence-corrected chi connectivity index (χ1v) is 6.67. The molecule has 0 aromatic carbocycles. The quantitative estimate of drug-likeness (QED) is 0.132. The molecule has 0 saturated heterocycles. The summed E-state index contributed by atoms with van der Waals surface area (Å²) in [6.45, 7) is 8.85. The molecule has 0 saturated carbocycles. The van der Waals surface area contributed by atoms with Gasteiger partial charge < -0.3 is 4.84 Å². The van der Waals surface area contributed by atoms with E-state index in [1.165, 1.54) is 16.7 Å². The van der Waals surface area contributed by atoms with E-state index in [1.54, 1.807) is 0 Å². The zero-order valence-corrected chi connectivity index (χ0v) is 12.5. The Labute approximate surface area is 116 Å². The summed E-state index contributed by atoms with van der Waals surface area (Å²) in [7, 11) is 0. The van der Waals surface area contributed by atoms with Crippen molar-refractivity contribution in [2.45, 2.75) is 53.4 Å². The summed E-state index contributed by atoms with van der Waals surface area (Å²) in [5.74, 6) is 0. The number of azide groups is 1. The van der Waals surface area contributed by atoms with Gasteiger partial charge in [-0.15, -0.1) is 0 Å². The molecule has 0 N–H and O–H groups in total. The topological polar surface area (TPSA) is 58.0 Å². The fourth-order valence-corrected chi connectivity index (χ4v) is 1.58. The number of hydrogen-bond donors (Lipinski definition) is 0. The second kappa shape index (κ2) is 11.4. The monoisotopic (exact) mass is 263 g/mol. The molecule has 106 valence electrons. The molecular weight excluding hydrogens is 238 g/mol. The van der Waals surface area contributed by atoms with Gasteiger partial charge in [-0.25, -0.2) is 0 Å². The molecule has 19 heavy (non-hydrogen) atoms. The SMILES string of the molecule is CC(C)=CCCC(C)=CCCC(C)=CCON=[N+]=[N-]. The highest BCUT2D eigenvalue weighted by atomic mass is 16.6. The van der Waals surface area contributed by atoms with Crippen molar-refractivity contribution < 1.29 is 4.84 Å². The van der Waals surface area contributed by atoms with Crippen LogP contribution in [0.25, 0.3) is 10.4 Å². The van der Waals surface area contributed by atoms with Crippen molar-refractivity contribution in [3.63, 3.8) is 0 Å². The van der Waals surface area contributed by atoms with Crippen LogP contribution < -0.4 is 0 Å². The largest absolute Gasteiger partial charge is 0.429 e. The molecule has 0 bridgehead atoms. The van der Waals surface area contributed by atoms with E-state index in [4.69, 9.17) is 5.53 Å². The van der Waals surface area contributed by atoms with Gasteiger partial charge in [0, 0.05) is 4.91 Å². The van der Waals surface area contributed by atoms with Crippen molar-refractivity contribution in [2.75, 3.05) is 6.61 Å². The lowest BCUT2D eigenvalue weighted by Gasteiger charge is -2.01. The highest BCUT2D eigenvalue weighted by Crippen LogP contribution is 2.11. The molecule has 4 heteroatoms. The van der Waals surface area contributed by atoms with E-state index in [-0.39, 0.29) is 0 Å². The van der Waals surface area contributed by atoms with E-state index < -0.39 is 0 Å². The van der Waals surface area contributed by atoms with Crippen LogP contribution in [0.1, 0.15) is 53.4 Å². The van der Waals surface area contributed by atoms with Gasteiger partial charge >= 0.3 is 0 Å². The molecule has 0 fully saturated rings. The van der Waals surface area contributed by atoms with Crippen LogP contribution in [0.4, 0.5) is 0 Å². The fraction of sp³-hybridized carbons (Fsp3) is 0.600. The first-order chi connectivity index (χ1) is 9.06. The van der Waals surface area contributed by atoms with Gasteiger partial charge in [0.15, 0.2) is 0 Å². The van der Waals surface area contributed by atoms with E-state index in [1.807, 2.05) is 6.08 Å². The maximum atomic E-state index is 8.04. The number of allylic oxidation sites excluding steroid dienone is 5. The summed E-state index contributed by atoms with van der Waals surface area (Å²) >= 11 is 0. The molecule has 0 radical (unpaired) electrons.